The highest BCUT2D eigenvalue weighted by Crippen LogP contribution is 2.31. The molecule has 2 aromatic rings. The lowest BCUT2D eigenvalue weighted by atomic mass is 10.2. The van der Waals surface area contributed by atoms with E-state index in [-0.39, 0.29) is 5.91 Å². The van der Waals surface area contributed by atoms with Crippen LogP contribution in [0.3, 0.4) is 0 Å². The molecule has 2 aromatic carbocycles. The first kappa shape index (κ1) is 19.1. The van der Waals surface area contributed by atoms with Crippen LogP contribution in [0.1, 0.15) is 24.2 Å². The van der Waals surface area contributed by atoms with Crippen molar-refractivity contribution in [3.05, 3.63) is 48.0 Å². The van der Waals surface area contributed by atoms with E-state index in [0.29, 0.717) is 52.6 Å². The molecule has 0 spiro atoms. The minimum atomic E-state index is -2.49. The van der Waals surface area contributed by atoms with Crippen LogP contribution in [-0.2, 0) is 0 Å². The zero-order valence-electron chi connectivity index (χ0n) is 13.9. The molecule has 4 nitrogen and oxygen atoms in total. The molecule has 1 N–H and O–H groups in total. The molecule has 134 valence electrons. The van der Waals surface area contributed by atoms with Gasteiger partial charge in [-0.2, -0.15) is 8.78 Å². The van der Waals surface area contributed by atoms with Crippen molar-refractivity contribution in [1.29, 1.82) is 0 Å². The smallest absolute Gasteiger partial charge is 0.288 e. The Labute approximate surface area is 149 Å². The molecule has 1 amide bonds. The summed E-state index contributed by atoms with van der Waals surface area (Å²) >= 11 is 0.441. The summed E-state index contributed by atoms with van der Waals surface area (Å²) in [5.74, 6) is -1.66. The van der Waals surface area contributed by atoms with E-state index in [1.807, 2.05) is 13.8 Å². The van der Waals surface area contributed by atoms with Crippen LogP contribution in [-0.4, -0.2) is 24.9 Å². The van der Waals surface area contributed by atoms with E-state index >= 15 is 0 Å². The summed E-state index contributed by atoms with van der Waals surface area (Å²) in [6.45, 7) is 4.72. The molecule has 0 bridgehead atoms. The van der Waals surface area contributed by atoms with Gasteiger partial charge in [-0.1, -0.05) is 11.8 Å². The Kier molecular flexibility index (Phi) is 7.06. The second kappa shape index (κ2) is 9.27. The number of amides is 1. The van der Waals surface area contributed by atoms with Gasteiger partial charge in [-0.25, -0.2) is 0 Å². The number of thioether (sulfide) groups is 1. The molecule has 0 fully saturated rings. The van der Waals surface area contributed by atoms with E-state index in [0.717, 1.165) is 0 Å². The third-order valence-corrected chi connectivity index (χ3v) is 3.87. The van der Waals surface area contributed by atoms with Crippen LogP contribution in [0.5, 0.6) is 11.5 Å². The monoisotopic (exact) mass is 367 g/mol. The molecule has 0 saturated heterocycles. The van der Waals surface area contributed by atoms with E-state index in [1.165, 1.54) is 24.3 Å². The SMILES string of the molecule is CCOc1ccc(NC(=O)c2ccc(SC(F)F)cc2)cc1OCC. The fraction of sp³-hybridized carbons (Fsp3) is 0.278. The number of carbonyl (C=O) groups excluding carboxylic acids is 1. The van der Waals surface area contributed by atoms with Crippen LogP contribution < -0.4 is 14.8 Å². The topological polar surface area (TPSA) is 47.6 Å². The second-order valence-corrected chi connectivity index (χ2v) is 5.95. The highest BCUT2D eigenvalue weighted by molar-refractivity contribution is 7.99. The van der Waals surface area contributed by atoms with Gasteiger partial charge in [-0.05, 0) is 50.2 Å². The molecule has 0 aliphatic carbocycles. The van der Waals surface area contributed by atoms with Crippen LogP contribution in [0.4, 0.5) is 14.5 Å². The summed E-state index contributed by atoms with van der Waals surface area (Å²) in [5, 5.41) is 2.76. The van der Waals surface area contributed by atoms with Gasteiger partial charge in [0.2, 0.25) is 0 Å². The van der Waals surface area contributed by atoms with Gasteiger partial charge in [0.15, 0.2) is 11.5 Å². The average Bonchev–Trinajstić information content (AvgIpc) is 2.57. The highest BCUT2D eigenvalue weighted by atomic mass is 32.2. The van der Waals surface area contributed by atoms with Crippen molar-refractivity contribution in [1.82, 2.24) is 0 Å². The first-order valence-electron chi connectivity index (χ1n) is 7.79. The third-order valence-electron chi connectivity index (χ3n) is 3.14. The summed E-state index contributed by atoms with van der Waals surface area (Å²) in [6, 6.07) is 11.1. The Morgan fingerprint density at radius 3 is 2.28 bits per heavy atom. The summed E-state index contributed by atoms with van der Waals surface area (Å²) < 4.78 is 35.6. The van der Waals surface area contributed by atoms with Crippen molar-refractivity contribution in [2.75, 3.05) is 18.5 Å². The van der Waals surface area contributed by atoms with Crippen LogP contribution in [0, 0.1) is 0 Å². The van der Waals surface area contributed by atoms with Crippen molar-refractivity contribution in [2.45, 2.75) is 24.5 Å². The molecule has 0 atom stereocenters. The van der Waals surface area contributed by atoms with Crippen molar-refractivity contribution < 1.29 is 23.0 Å². The molecule has 0 aromatic heterocycles. The lowest BCUT2D eigenvalue weighted by molar-refractivity contribution is 0.102. The van der Waals surface area contributed by atoms with Crippen molar-refractivity contribution in [2.24, 2.45) is 0 Å². The number of halogens is 2. The highest BCUT2D eigenvalue weighted by Gasteiger charge is 2.11. The number of benzene rings is 2. The number of ether oxygens (including phenoxy) is 2. The Morgan fingerprint density at radius 1 is 1.04 bits per heavy atom. The predicted octanol–water partition coefficient (Wildman–Crippen LogP) is 5.05. The Hall–Kier alpha value is -2.28. The minimum absolute atomic E-state index is 0.333. The van der Waals surface area contributed by atoms with Crippen molar-refractivity contribution in [3.8, 4) is 11.5 Å². The Morgan fingerprint density at radius 2 is 1.68 bits per heavy atom. The zero-order valence-corrected chi connectivity index (χ0v) is 14.7. The summed E-state index contributed by atoms with van der Waals surface area (Å²) in [4.78, 5) is 12.7. The Bertz CT molecular complexity index is 708. The molecule has 0 aliphatic rings. The zero-order chi connectivity index (χ0) is 18.2. The predicted molar refractivity (Wildman–Crippen MR) is 95.0 cm³/mol. The molecular formula is C18H19F2NO3S. The number of hydrogen-bond acceptors (Lipinski definition) is 4. The number of rotatable bonds is 8. The standard InChI is InChI=1S/C18H19F2NO3S/c1-3-23-15-10-7-13(11-16(15)24-4-2)21-17(22)12-5-8-14(9-6-12)25-18(19)20/h5-11,18H,3-4H2,1-2H3,(H,21,22). The van der Waals surface area contributed by atoms with Gasteiger partial charge >= 0.3 is 0 Å². The van der Waals surface area contributed by atoms with Gasteiger partial charge in [-0.3, -0.25) is 4.79 Å². The summed E-state index contributed by atoms with van der Waals surface area (Å²) in [6.07, 6.45) is 0. The molecule has 0 heterocycles. The van der Waals surface area contributed by atoms with Crippen LogP contribution in [0.15, 0.2) is 47.4 Å². The lowest BCUT2D eigenvalue weighted by Crippen LogP contribution is -2.12. The maximum absolute atomic E-state index is 12.3. The lowest BCUT2D eigenvalue weighted by Gasteiger charge is -2.13. The molecular weight excluding hydrogens is 348 g/mol. The fourth-order valence-corrected chi connectivity index (χ4v) is 2.62. The van der Waals surface area contributed by atoms with Gasteiger partial charge < -0.3 is 14.8 Å². The summed E-state index contributed by atoms with van der Waals surface area (Å²) in [5.41, 5.74) is 0.938. The molecule has 2 rings (SSSR count). The first-order valence-corrected chi connectivity index (χ1v) is 8.67. The molecule has 25 heavy (non-hydrogen) atoms. The summed E-state index contributed by atoms with van der Waals surface area (Å²) in [7, 11) is 0. The molecule has 0 radical (unpaired) electrons. The minimum Gasteiger partial charge on any atom is -0.490 e. The Balaban J connectivity index is 2.10. The normalized spacial score (nSPS) is 10.6. The van der Waals surface area contributed by atoms with Crippen LogP contribution >= 0.6 is 11.8 Å². The van der Waals surface area contributed by atoms with E-state index in [4.69, 9.17) is 9.47 Å². The molecule has 0 unspecified atom stereocenters. The molecule has 0 aliphatic heterocycles. The van der Waals surface area contributed by atoms with E-state index < -0.39 is 5.76 Å². The molecule has 7 heteroatoms. The van der Waals surface area contributed by atoms with E-state index in [9.17, 15) is 13.6 Å². The number of anilines is 1. The van der Waals surface area contributed by atoms with Gasteiger partial charge in [0.25, 0.3) is 11.7 Å². The quantitative estimate of drug-likeness (QED) is 0.663. The van der Waals surface area contributed by atoms with Gasteiger partial charge in [-0.15, -0.1) is 0 Å². The average molecular weight is 367 g/mol. The second-order valence-electron chi connectivity index (χ2n) is 4.88. The van der Waals surface area contributed by atoms with Crippen LogP contribution in [0.25, 0.3) is 0 Å². The first-order chi connectivity index (χ1) is 12.0. The third kappa shape index (κ3) is 5.63. The maximum Gasteiger partial charge on any atom is 0.288 e. The number of alkyl halides is 2. The van der Waals surface area contributed by atoms with Crippen molar-refractivity contribution in [3.63, 3.8) is 0 Å². The molecule has 0 saturated carbocycles. The van der Waals surface area contributed by atoms with E-state index in [2.05, 4.69) is 5.32 Å². The van der Waals surface area contributed by atoms with Gasteiger partial charge in [0, 0.05) is 22.2 Å². The number of nitrogens with one attached hydrogen (secondary N) is 1. The fourth-order valence-electron chi connectivity index (χ4n) is 2.12. The number of hydrogen-bond donors (Lipinski definition) is 1. The number of carbonyl (C=O) groups is 1. The van der Waals surface area contributed by atoms with Crippen molar-refractivity contribution >= 4 is 23.4 Å². The van der Waals surface area contributed by atoms with E-state index in [1.54, 1.807) is 18.2 Å². The van der Waals surface area contributed by atoms with Gasteiger partial charge in [0.1, 0.15) is 0 Å². The largest absolute Gasteiger partial charge is 0.490 e. The van der Waals surface area contributed by atoms with Crippen LogP contribution in [0.2, 0.25) is 0 Å². The van der Waals surface area contributed by atoms with Gasteiger partial charge in [0.05, 0.1) is 13.2 Å². The maximum atomic E-state index is 12.3.